The molecule has 0 saturated carbocycles. The molecule has 122 valence electrons. The molecular formula is C16H18Cl2N4O. The maximum absolute atomic E-state index is 11.9. The molecule has 0 aliphatic carbocycles. The lowest BCUT2D eigenvalue weighted by Gasteiger charge is -2.33. The molecule has 1 fully saturated rings. The average molecular weight is 353 g/mol. The van der Waals surface area contributed by atoms with Gasteiger partial charge in [-0.25, -0.2) is 4.98 Å². The largest absolute Gasteiger partial charge is 0.350 e. The third kappa shape index (κ3) is 3.86. The Hall–Kier alpha value is -1.56. The third-order valence-electron chi connectivity index (χ3n) is 4.02. The summed E-state index contributed by atoms with van der Waals surface area (Å²) in [7, 11) is 0. The van der Waals surface area contributed by atoms with Crippen molar-refractivity contribution in [2.45, 2.75) is 25.4 Å². The van der Waals surface area contributed by atoms with Crippen molar-refractivity contribution in [1.29, 1.82) is 0 Å². The number of hydrogen-bond acceptors (Lipinski definition) is 4. The van der Waals surface area contributed by atoms with E-state index in [1.165, 1.54) is 0 Å². The number of benzene rings is 1. The second-order valence-corrected chi connectivity index (χ2v) is 6.41. The minimum atomic E-state index is -0.147. The fourth-order valence-corrected chi connectivity index (χ4v) is 3.23. The van der Waals surface area contributed by atoms with E-state index in [2.05, 4.69) is 15.3 Å². The molecule has 23 heavy (non-hydrogen) atoms. The molecule has 7 heteroatoms. The summed E-state index contributed by atoms with van der Waals surface area (Å²) in [5.41, 5.74) is 0.831. The van der Waals surface area contributed by atoms with Crippen LogP contribution in [0.25, 0.3) is 0 Å². The normalized spacial score (nSPS) is 18.2. The maximum atomic E-state index is 11.9. The number of halogens is 2. The number of hydrogen-bond donors (Lipinski definition) is 2. The van der Waals surface area contributed by atoms with Crippen LogP contribution in [0.15, 0.2) is 35.4 Å². The second kappa shape index (κ2) is 7.34. The standard InChI is InChI=1S/C16H18Cl2N4O/c17-13-5-1-3-11(14(13)18)9-21-12-4-2-8-22(10-12)15-16(23)20-7-6-19-15/h1,3,5-7,12,21H,2,4,8-10H2,(H,20,23)/t12-/m0/s1. The summed E-state index contributed by atoms with van der Waals surface area (Å²) in [5.74, 6) is 0.486. The molecule has 0 amide bonds. The van der Waals surface area contributed by atoms with E-state index in [-0.39, 0.29) is 11.6 Å². The molecule has 2 aromatic rings. The van der Waals surface area contributed by atoms with Crippen molar-refractivity contribution in [2.75, 3.05) is 18.0 Å². The number of piperidine rings is 1. The van der Waals surface area contributed by atoms with Gasteiger partial charge in [0, 0.05) is 38.1 Å². The summed E-state index contributed by atoms with van der Waals surface area (Å²) in [6.45, 7) is 2.24. The SMILES string of the molecule is O=c1[nH]ccnc1N1CCC[C@H](NCc2cccc(Cl)c2Cl)C1. The van der Waals surface area contributed by atoms with E-state index < -0.39 is 0 Å². The molecule has 1 atom stereocenters. The van der Waals surface area contributed by atoms with E-state index in [0.29, 0.717) is 22.4 Å². The molecular weight excluding hydrogens is 335 g/mol. The zero-order valence-corrected chi connectivity index (χ0v) is 14.1. The van der Waals surface area contributed by atoms with Crippen molar-refractivity contribution in [3.05, 3.63) is 56.6 Å². The van der Waals surface area contributed by atoms with Crippen LogP contribution in [0.3, 0.4) is 0 Å². The molecule has 1 aromatic carbocycles. The molecule has 0 spiro atoms. The van der Waals surface area contributed by atoms with Gasteiger partial charge in [-0.1, -0.05) is 35.3 Å². The number of H-pyrrole nitrogens is 1. The van der Waals surface area contributed by atoms with Gasteiger partial charge in [0.1, 0.15) is 0 Å². The molecule has 0 unspecified atom stereocenters. The van der Waals surface area contributed by atoms with Crippen LogP contribution in [-0.2, 0) is 6.54 Å². The summed E-state index contributed by atoms with van der Waals surface area (Å²) in [4.78, 5) is 20.8. The Bertz CT molecular complexity index is 734. The molecule has 1 aliphatic heterocycles. The zero-order chi connectivity index (χ0) is 16.2. The zero-order valence-electron chi connectivity index (χ0n) is 12.6. The molecule has 1 saturated heterocycles. The van der Waals surface area contributed by atoms with E-state index in [1.807, 2.05) is 17.0 Å². The van der Waals surface area contributed by atoms with Gasteiger partial charge in [-0.3, -0.25) is 4.79 Å². The van der Waals surface area contributed by atoms with E-state index >= 15 is 0 Å². The predicted molar refractivity (Wildman–Crippen MR) is 93.4 cm³/mol. The van der Waals surface area contributed by atoms with Crippen molar-refractivity contribution in [3.8, 4) is 0 Å². The maximum Gasteiger partial charge on any atom is 0.290 e. The second-order valence-electron chi connectivity index (χ2n) is 5.62. The van der Waals surface area contributed by atoms with E-state index in [0.717, 1.165) is 31.5 Å². The van der Waals surface area contributed by atoms with Gasteiger partial charge in [0.05, 0.1) is 10.0 Å². The van der Waals surface area contributed by atoms with Crippen LogP contribution in [0.1, 0.15) is 18.4 Å². The molecule has 0 radical (unpaired) electrons. The van der Waals surface area contributed by atoms with E-state index in [4.69, 9.17) is 23.2 Å². The summed E-state index contributed by atoms with van der Waals surface area (Å²) in [6, 6.07) is 5.92. The van der Waals surface area contributed by atoms with Crippen LogP contribution < -0.4 is 15.8 Å². The van der Waals surface area contributed by atoms with E-state index in [1.54, 1.807) is 18.5 Å². The van der Waals surface area contributed by atoms with Crippen molar-refractivity contribution < 1.29 is 0 Å². The van der Waals surface area contributed by atoms with Gasteiger partial charge in [0.25, 0.3) is 5.56 Å². The Morgan fingerprint density at radius 3 is 3.09 bits per heavy atom. The number of nitrogens with zero attached hydrogens (tertiary/aromatic N) is 2. The van der Waals surface area contributed by atoms with Gasteiger partial charge in [0.2, 0.25) is 0 Å². The van der Waals surface area contributed by atoms with Gasteiger partial charge < -0.3 is 15.2 Å². The first-order valence-corrected chi connectivity index (χ1v) is 8.35. The fourth-order valence-electron chi connectivity index (χ4n) is 2.84. The molecule has 0 bridgehead atoms. The Morgan fingerprint density at radius 1 is 1.39 bits per heavy atom. The minimum absolute atomic E-state index is 0.147. The Balaban J connectivity index is 1.64. The van der Waals surface area contributed by atoms with Crippen LogP contribution in [0.5, 0.6) is 0 Å². The van der Waals surface area contributed by atoms with Gasteiger partial charge >= 0.3 is 0 Å². The fraction of sp³-hybridized carbons (Fsp3) is 0.375. The predicted octanol–water partition coefficient (Wildman–Crippen LogP) is 2.84. The number of rotatable bonds is 4. The van der Waals surface area contributed by atoms with Gasteiger partial charge in [0.15, 0.2) is 5.82 Å². The quantitative estimate of drug-likeness (QED) is 0.888. The number of aromatic amines is 1. The monoisotopic (exact) mass is 352 g/mol. The lowest BCUT2D eigenvalue weighted by atomic mass is 10.1. The molecule has 1 aromatic heterocycles. The molecule has 2 heterocycles. The van der Waals surface area contributed by atoms with Gasteiger partial charge in [-0.15, -0.1) is 0 Å². The van der Waals surface area contributed by atoms with Crippen LogP contribution in [0, 0.1) is 0 Å². The van der Waals surface area contributed by atoms with Crippen molar-refractivity contribution in [1.82, 2.24) is 15.3 Å². The number of nitrogens with one attached hydrogen (secondary N) is 2. The first-order chi connectivity index (χ1) is 11.1. The topological polar surface area (TPSA) is 61.0 Å². The van der Waals surface area contributed by atoms with Crippen molar-refractivity contribution in [2.24, 2.45) is 0 Å². The van der Waals surface area contributed by atoms with Crippen molar-refractivity contribution in [3.63, 3.8) is 0 Å². The van der Waals surface area contributed by atoms with Crippen molar-refractivity contribution >= 4 is 29.0 Å². The highest BCUT2D eigenvalue weighted by molar-refractivity contribution is 6.42. The van der Waals surface area contributed by atoms with Crippen LogP contribution in [-0.4, -0.2) is 29.1 Å². The third-order valence-corrected chi connectivity index (χ3v) is 4.88. The highest BCUT2D eigenvalue weighted by Gasteiger charge is 2.22. The first-order valence-electron chi connectivity index (χ1n) is 7.60. The van der Waals surface area contributed by atoms with Crippen LogP contribution in [0.2, 0.25) is 10.0 Å². The number of anilines is 1. The lowest BCUT2D eigenvalue weighted by molar-refractivity contribution is 0.419. The highest BCUT2D eigenvalue weighted by atomic mass is 35.5. The number of aromatic nitrogens is 2. The summed E-state index contributed by atoms with van der Waals surface area (Å²) < 4.78 is 0. The highest BCUT2D eigenvalue weighted by Crippen LogP contribution is 2.25. The van der Waals surface area contributed by atoms with Crippen LogP contribution >= 0.6 is 23.2 Å². The molecule has 5 nitrogen and oxygen atoms in total. The minimum Gasteiger partial charge on any atom is -0.350 e. The smallest absolute Gasteiger partial charge is 0.290 e. The summed E-state index contributed by atoms with van der Waals surface area (Å²) in [6.07, 6.45) is 5.22. The van der Waals surface area contributed by atoms with Gasteiger partial charge in [-0.2, -0.15) is 0 Å². The van der Waals surface area contributed by atoms with Crippen LogP contribution in [0.4, 0.5) is 5.82 Å². The summed E-state index contributed by atoms with van der Waals surface area (Å²) >= 11 is 12.3. The Morgan fingerprint density at radius 2 is 2.26 bits per heavy atom. The van der Waals surface area contributed by atoms with Gasteiger partial charge in [-0.05, 0) is 24.5 Å². The Kier molecular flexibility index (Phi) is 5.20. The van der Waals surface area contributed by atoms with E-state index in [9.17, 15) is 4.79 Å². The first kappa shape index (κ1) is 16.3. The molecule has 1 aliphatic rings. The molecule has 3 rings (SSSR count). The molecule has 2 N–H and O–H groups in total. The average Bonchev–Trinajstić information content (AvgIpc) is 2.57. The Labute approximate surface area is 144 Å². The lowest BCUT2D eigenvalue weighted by Crippen LogP contribution is -2.47. The summed E-state index contributed by atoms with van der Waals surface area (Å²) in [5, 5.41) is 4.66.